The molecule has 128 valence electrons. The van der Waals surface area contributed by atoms with Crippen molar-refractivity contribution in [3.8, 4) is 5.75 Å². The minimum atomic E-state index is -0.638. The summed E-state index contributed by atoms with van der Waals surface area (Å²) in [7, 11) is 1.60. The Morgan fingerprint density at radius 1 is 1.12 bits per heavy atom. The number of rotatable bonds is 5. The van der Waals surface area contributed by atoms with E-state index in [-0.39, 0.29) is 18.0 Å². The van der Waals surface area contributed by atoms with Crippen molar-refractivity contribution in [2.75, 3.05) is 0 Å². The lowest BCUT2D eigenvalue weighted by molar-refractivity contribution is -0.127. The van der Waals surface area contributed by atoms with Crippen LogP contribution < -0.4 is 15.6 Å². The van der Waals surface area contributed by atoms with Crippen molar-refractivity contribution in [2.45, 2.75) is 19.6 Å². The molecule has 0 aliphatic heterocycles. The Morgan fingerprint density at radius 3 is 2.48 bits per heavy atom. The Labute approximate surface area is 145 Å². The number of aromatic nitrogens is 2. The average molecular weight is 337 g/mol. The Morgan fingerprint density at radius 2 is 1.76 bits per heavy atom. The molecule has 0 saturated heterocycles. The van der Waals surface area contributed by atoms with Crippen LogP contribution in [-0.2, 0) is 18.4 Å². The molecule has 0 spiro atoms. The van der Waals surface area contributed by atoms with Crippen LogP contribution >= 0.6 is 0 Å². The van der Waals surface area contributed by atoms with Crippen LogP contribution in [-0.4, -0.2) is 21.8 Å². The normalized spacial score (nSPS) is 11.9. The maximum atomic E-state index is 12.3. The molecule has 0 fully saturated rings. The summed E-state index contributed by atoms with van der Waals surface area (Å²) in [5, 5.41) is 8.40. The van der Waals surface area contributed by atoms with E-state index in [1.165, 1.54) is 4.68 Å². The van der Waals surface area contributed by atoms with Gasteiger partial charge >= 0.3 is 0 Å². The third-order valence-corrected chi connectivity index (χ3v) is 3.89. The van der Waals surface area contributed by atoms with Crippen LogP contribution in [0.15, 0.2) is 59.4 Å². The zero-order valence-corrected chi connectivity index (χ0v) is 14.1. The second kappa shape index (κ2) is 7.17. The molecule has 25 heavy (non-hydrogen) atoms. The van der Waals surface area contributed by atoms with Crippen molar-refractivity contribution in [2.24, 2.45) is 7.05 Å². The summed E-state index contributed by atoms with van der Waals surface area (Å²) >= 11 is 0. The van der Waals surface area contributed by atoms with E-state index in [2.05, 4.69) is 10.4 Å². The first-order valence-corrected chi connectivity index (χ1v) is 8.00. The first-order valence-electron chi connectivity index (χ1n) is 8.00. The molecule has 3 rings (SSSR count). The molecule has 0 saturated carbocycles. The Bertz CT molecular complexity index is 951. The molecule has 1 aromatic heterocycles. The fourth-order valence-corrected chi connectivity index (χ4v) is 2.58. The van der Waals surface area contributed by atoms with Crippen molar-refractivity contribution in [1.82, 2.24) is 15.1 Å². The van der Waals surface area contributed by atoms with E-state index in [9.17, 15) is 9.59 Å². The molecule has 2 aromatic carbocycles. The zero-order chi connectivity index (χ0) is 17.8. The molecule has 3 aromatic rings. The number of carbonyl (C=O) groups excluding carboxylic acids is 1. The van der Waals surface area contributed by atoms with E-state index in [0.717, 1.165) is 5.39 Å². The predicted octanol–water partition coefficient (Wildman–Crippen LogP) is 2.02. The van der Waals surface area contributed by atoms with Crippen molar-refractivity contribution < 1.29 is 9.53 Å². The molecule has 0 radical (unpaired) electrons. The van der Waals surface area contributed by atoms with Crippen LogP contribution in [0.2, 0.25) is 0 Å². The van der Waals surface area contributed by atoms with Gasteiger partial charge in [0.1, 0.15) is 5.75 Å². The predicted molar refractivity (Wildman–Crippen MR) is 95.4 cm³/mol. The summed E-state index contributed by atoms with van der Waals surface area (Å²) in [6.07, 6.45) is -0.638. The molecule has 0 aliphatic carbocycles. The van der Waals surface area contributed by atoms with E-state index < -0.39 is 6.10 Å². The quantitative estimate of drug-likeness (QED) is 0.773. The lowest BCUT2D eigenvalue weighted by Gasteiger charge is -2.15. The summed E-state index contributed by atoms with van der Waals surface area (Å²) in [5.74, 6) is 0.388. The largest absolute Gasteiger partial charge is 0.481 e. The zero-order valence-electron chi connectivity index (χ0n) is 14.1. The molecule has 0 aliphatic rings. The highest BCUT2D eigenvalue weighted by Gasteiger charge is 2.16. The summed E-state index contributed by atoms with van der Waals surface area (Å²) in [6, 6.07) is 16.4. The Hall–Kier alpha value is -3.15. The maximum Gasteiger partial charge on any atom is 0.274 e. The number of benzene rings is 2. The summed E-state index contributed by atoms with van der Waals surface area (Å²) in [5.41, 5.74) is 0.476. The Balaban J connectivity index is 1.73. The van der Waals surface area contributed by atoms with Gasteiger partial charge in [-0.25, -0.2) is 4.68 Å². The number of fused-ring (bicyclic) bond motifs is 1. The standard InChI is InChI=1S/C19H19N3O3/c1-13(25-14-8-4-3-5-9-14)18(23)20-12-17-15-10-6-7-11-16(15)19(24)22(2)21-17/h3-11,13H,12H2,1-2H3,(H,20,23). The second-order valence-electron chi connectivity index (χ2n) is 5.71. The van der Waals surface area contributed by atoms with E-state index in [4.69, 9.17) is 4.74 Å². The second-order valence-corrected chi connectivity index (χ2v) is 5.71. The highest BCUT2D eigenvalue weighted by atomic mass is 16.5. The molecule has 6 nitrogen and oxygen atoms in total. The van der Waals surface area contributed by atoms with Gasteiger partial charge in [-0.15, -0.1) is 0 Å². The number of hydrogen-bond acceptors (Lipinski definition) is 4. The SMILES string of the molecule is CC(Oc1ccccc1)C(=O)NCc1nn(C)c(=O)c2ccccc12. The molecular weight excluding hydrogens is 318 g/mol. The van der Waals surface area contributed by atoms with Crippen LogP contribution in [0.25, 0.3) is 10.8 Å². The van der Waals surface area contributed by atoms with Gasteiger partial charge in [-0.1, -0.05) is 36.4 Å². The summed E-state index contributed by atoms with van der Waals surface area (Å²) in [4.78, 5) is 24.4. The molecule has 1 N–H and O–H groups in total. The van der Waals surface area contributed by atoms with Crippen molar-refractivity contribution in [3.05, 3.63) is 70.6 Å². The minimum Gasteiger partial charge on any atom is -0.481 e. The number of carbonyl (C=O) groups is 1. The average Bonchev–Trinajstić information content (AvgIpc) is 2.64. The van der Waals surface area contributed by atoms with Crippen LogP contribution in [0.1, 0.15) is 12.6 Å². The number of amides is 1. The molecule has 1 amide bonds. The van der Waals surface area contributed by atoms with Crippen LogP contribution in [0.3, 0.4) is 0 Å². The van der Waals surface area contributed by atoms with Gasteiger partial charge < -0.3 is 10.1 Å². The van der Waals surface area contributed by atoms with Gasteiger partial charge in [-0.2, -0.15) is 5.10 Å². The molecule has 1 atom stereocenters. The van der Waals surface area contributed by atoms with Gasteiger partial charge in [-0.05, 0) is 25.1 Å². The van der Waals surface area contributed by atoms with E-state index in [1.807, 2.05) is 36.4 Å². The van der Waals surface area contributed by atoms with E-state index >= 15 is 0 Å². The Kier molecular flexibility index (Phi) is 4.79. The van der Waals surface area contributed by atoms with Gasteiger partial charge in [0.05, 0.1) is 17.6 Å². The van der Waals surface area contributed by atoms with Crippen LogP contribution in [0.4, 0.5) is 0 Å². The third kappa shape index (κ3) is 3.68. The maximum absolute atomic E-state index is 12.3. The highest BCUT2D eigenvalue weighted by Crippen LogP contribution is 2.13. The molecule has 1 unspecified atom stereocenters. The van der Waals surface area contributed by atoms with Gasteiger partial charge in [0.25, 0.3) is 11.5 Å². The fourth-order valence-electron chi connectivity index (χ4n) is 2.58. The van der Waals surface area contributed by atoms with Gasteiger partial charge in [0.2, 0.25) is 0 Å². The van der Waals surface area contributed by atoms with Crippen molar-refractivity contribution in [3.63, 3.8) is 0 Å². The molecule has 1 heterocycles. The van der Waals surface area contributed by atoms with Crippen molar-refractivity contribution >= 4 is 16.7 Å². The monoisotopic (exact) mass is 337 g/mol. The van der Waals surface area contributed by atoms with Gasteiger partial charge in [-0.3, -0.25) is 9.59 Å². The van der Waals surface area contributed by atoms with Gasteiger partial charge in [0, 0.05) is 12.4 Å². The molecular formula is C19H19N3O3. The highest BCUT2D eigenvalue weighted by molar-refractivity contribution is 5.85. The number of aryl methyl sites for hydroxylation is 1. The topological polar surface area (TPSA) is 73.2 Å². The lowest BCUT2D eigenvalue weighted by Crippen LogP contribution is -2.36. The molecule has 0 bridgehead atoms. The number of ether oxygens (including phenoxy) is 1. The number of hydrogen-bond donors (Lipinski definition) is 1. The van der Waals surface area contributed by atoms with Crippen LogP contribution in [0, 0.1) is 0 Å². The summed E-state index contributed by atoms with van der Waals surface area (Å²) in [6.45, 7) is 1.91. The van der Waals surface area contributed by atoms with Crippen molar-refractivity contribution in [1.29, 1.82) is 0 Å². The summed E-state index contributed by atoms with van der Waals surface area (Å²) < 4.78 is 6.89. The number of para-hydroxylation sites is 1. The third-order valence-electron chi connectivity index (χ3n) is 3.89. The van der Waals surface area contributed by atoms with Crippen LogP contribution in [0.5, 0.6) is 5.75 Å². The minimum absolute atomic E-state index is 0.161. The lowest BCUT2D eigenvalue weighted by atomic mass is 10.1. The van der Waals surface area contributed by atoms with Gasteiger partial charge in [0.15, 0.2) is 6.10 Å². The molecule has 6 heteroatoms. The first-order chi connectivity index (χ1) is 12.1. The fraction of sp³-hybridized carbons (Fsp3) is 0.211. The smallest absolute Gasteiger partial charge is 0.274 e. The first kappa shape index (κ1) is 16.7. The number of nitrogens with zero attached hydrogens (tertiary/aromatic N) is 2. The number of nitrogens with one attached hydrogen (secondary N) is 1. The van der Waals surface area contributed by atoms with E-state index in [0.29, 0.717) is 16.8 Å². The van der Waals surface area contributed by atoms with E-state index in [1.54, 1.807) is 32.2 Å².